The van der Waals surface area contributed by atoms with Crippen molar-refractivity contribution in [1.29, 1.82) is 0 Å². The number of aryl methyl sites for hydroxylation is 1. The zero-order valence-electron chi connectivity index (χ0n) is 12.3. The van der Waals surface area contributed by atoms with Crippen LogP contribution in [0, 0.1) is 6.92 Å². The molecule has 1 aliphatic rings. The fourth-order valence-corrected chi connectivity index (χ4v) is 3.10. The van der Waals surface area contributed by atoms with Crippen LogP contribution in [0.15, 0.2) is 34.9 Å². The van der Waals surface area contributed by atoms with Crippen LogP contribution in [0.4, 0.5) is 0 Å². The van der Waals surface area contributed by atoms with Crippen LogP contribution < -0.4 is 0 Å². The van der Waals surface area contributed by atoms with E-state index >= 15 is 0 Å². The first kappa shape index (κ1) is 14.0. The maximum atomic E-state index is 12.3. The lowest BCUT2D eigenvalue weighted by atomic mass is 10.00. The lowest BCUT2D eigenvalue weighted by molar-refractivity contribution is 0.0573. The summed E-state index contributed by atoms with van der Waals surface area (Å²) in [5.41, 5.74) is 1.59. The van der Waals surface area contributed by atoms with E-state index in [1.165, 1.54) is 0 Å². The number of carbonyl (C=O) groups is 1. The topological polar surface area (TPSA) is 85.0 Å². The molecular formula is C15H13N5O2S. The standard InChI is InChI=1S/C15H13N5O2S/c1-9-12(23-19-17-9)15(21)20-7-11(8-20)14-16-13(18-22-14)10-5-3-2-4-6-10/h2-6,11H,7-8H2,1H3. The van der Waals surface area contributed by atoms with Gasteiger partial charge in [-0.3, -0.25) is 4.79 Å². The Kier molecular flexibility index (Phi) is 3.38. The molecule has 1 saturated heterocycles. The van der Waals surface area contributed by atoms with Gasteiger partial charge in [-0.25, -0.2) is 0 Å². The van der Waals surface area contributed by atoms with Crippen molar-refractivity contribution in [1.82, 2.24) is 24.6 Å². The highest BCUT2D eigenvalue weighted by Crippen LogP contribution is 2.29. The molecule has 0 spiro atoms. The predicted molar refractivity (Wildman–Crippen MR) is 83.0 cm³/mol. The van der Waals surface area contributed by atoms with Gasteiger partial charge in [-0.05, 0) is 18.5 Å². The smallest absolute Gasteiger partial charge is 0.267 e. The number of likely N-dealkylation sites (tertiary alicyclic amines) is 1. The largest absolute Gasteiger partial charge is 0.339 e. The maximum absolute atomic E-state index is 12.3. The van der Waals surface area contributed by atoms with Gasteiger partial charge < -0.3 is 9.42 Å². The van der Waals surface area contributed by atoms with Gasteiger partial charge in [0.15, 0.2) is 0 Å². The summed E-state index contributed by atoms with van der Waals surface area (Å²) in [6.45, 7) is 2.94. The van der Waals surface area contributed by atoms with Crippen molar-refractivity contribution in [3.63, 3.8) is 0 Å². The second-order valence-electron chi connectivity index (χ2n) is 5.42. The van der Waals surface area contributed by atoms with Crippen LogP contribution in [0.2, 0.25) is 0 Å². The van der Waals surface area contributed by atoms with Crippen LogP contribution in [0.5, 0.6) is 0 Å². The van der Waals surface area contributed by atoms with E-state index in [1.807, 2.05) is 30.3 Å². The quantitative estimate of drug-likeness (QED) is 0.732. The van der Waals surface area contributed by atoms with E-state index in [2.05, 4.69) is 19.7 Å². The summed E-state index contributed by atoms with van der Waals surface area (Å²) >= 11 is 1.13. The molecule has 1 fully saturated rings. The molecule has 8 heteroatoms. The monoisotopic (exact) mass is 327 g/mol. The third kappa shape index (κ3) is 2.50. The van der Waals surface area contributed by atoms with Crippen LogP contribution in [-0.4, -0.2) is 43.6 Å². The highest BCUT2D eigenvalue weighted by molar-refractivity contribution is 7.07. The first-order valence-corrected chi connectivity index (χ1v) is 7.97. The van der Waals surface area contributed by atoms with Gasteiger partial charge in [0, 0.05) is 18.7 Å². The van der Waals surface area contributed by atoms with Crippen molar-refractivity contribution >= 4 is 17.4 Å². The molecule has 0 atom stereocenters. The van der Waals surface area contributed by atoms with Gasteiger partial charge in [0.1, 0.15) is 4.88 Å². The van der Waals surface area contributed by atoms with E-state index in [1.54, 1.807) is 11.8 Å². The molecule has 0 unspecified atom stereocenters. The van der Waals surface area contributed by atoms with Crippen molar-refractivity contribution < 1.29 is 9.32 Å². The molecule has 2 aromatic heterocycles. The molecule has 116 valence electrons. The summed E-state index contributed by atoms with van der Waals surface area (Å²) < 4.78 is 9.15. The third-order valence-corrected chi connectivity index (χ3v) is 4.65. The van der Waals surface area contributed by atoms with Crippen molar-refractivity contribution in [3.05, 3.63) is 46.8 Å². The molecule has 3 aromatic rings. The minimum absolute atomic E-state index is 0.0310. The fourth-order valence-electron chi connectivity index (χ4n) is 2.48. The number of nitrogens with zero attached hydrogens (tertiary/aromatic N) is 5. The van der Waals surface area contributed by atoms with Crippen molar-refractivity contribution in [2.45, 2.75) is 12.8 Å². The van der Waals surface area contributed by atoms with Crippen molar-refractivity contribution in [2.24, 2.45) is 0 Å². The zero-order chi connectivity index (χ0) is 15.8. The third-order valence-electron chi connectivity index (χ3n) is 3.84. The van der Waals surface area contributed by atoms with Gasteiger partial charge in [-0.15, -0.1) is 5.10 Å². The van der Waals surface area contributed by atoms with Crippen molar-refractivity contribution in [3.8, 4) is 11.4 Å². The number of benzene rings is 1. The summed E-state index contributed by atoms with van der Waals surface area (Å²) in [6, 6.07) is 9.67. The second kappa shape index (κ2) is 5.54. The lowest BCUT2D eigenvalue weighted by Crippen LogP contribution is -2.48. The Morgan fingerprint density at radius 3 is 2.78 bits per heavy atom. The first-order chi connectivity index (χ1) is 11.2. The zero-order valence-corrected chi connectivity index (χ0v) is 13.2. The van der Waals surface area contributed by atoms with Gasteiger partial charge in [0.05, 0.1) is 11.6 Å². The molecular weight excluding hydrogens is 314 g/mol. The van der Waals surface area contributed by atoms with E-state index in [-0.39, 0.29) is 11.8 Å². The number of aromatic nitrogens is 4. The molecule has 1 amide bonds. The summed E-state index contributed by atoms with van der Waals surface area (Å²) in [5, 5.41) is 7.89. The molecule has 1 aromatic carbocycles. The maximum Gasteiger partial charge on any atom is 0.267 e. The highest BCUT2D eigenvalue weighted by Gasteiger charge is 2.37. The van der Waals surface area contributed by atoms with E-state index in [4.69, 9.17) is 4.52 Å². The molecule has 0 N–H and O–H groups in total. The SMILES string of the molecule is Cc1nnsc1C(=O)N1CC(c2nc(-c3ccccc3)no2)C1. The average molecular weight is 327 g/mol. The van der Waals surface area contributed by atoms with E-state index < -0.39 is 0 Å². The Morgan fingerprint density at radius 1 is 1.30 bits per heavy atom. The molecule has 0 bridgehead atoms. The molecule has 4 rings (SSSR count). The van der Waals surface area contributed by atoms with Gasteiger partial charge in [0.25, 0.3) is 5.91 Å². The number of hydrogen-bond acceptors (Lipinski definition) is 7. The van der Waals surface area contributed by atoms with Crippen LogP contribution in [0.3, 0.4) is 0 Å². The Hall–Kier alpha value is -2.61. The van der Waals surface area contributed by atoms with E-state index in [0.29, 0.717) is 35.4 Å². The number of carbonyl (C=O) groups excluding carboxylic acids is 1. The van der Waals surface area contributed by atoms with Gasteiger partial charge in [-0.2, -0.15) is 4.98 Å². The molecule has 0 aliphatic carbocycles. The van der Waals surface area contributed by atoms with E-state index in [9.17, 15) is 4.79 Å². The Morgan fingerprint density at radius 2 is 2.09 bits per heavy atom. The molecule has 23 heavy (non-hydrogen) atoms. The minimum atomic E-state index is -0.0310. The van der Waals surface area contributed by atoms with Crippen LogP contribution in [-0.2, 0) is 0 Å². The number of rotatable bonds is 3. The fraction of sp³-hybridized carbons (Fsp3) is 0.267. The summed E-state index contributed by atoms with van der Waals surface area (Å²) in [4.78, 5) is 19.1. The number of amides is 1. The van der Waals surface area contributed by atoms with Gasteiger partial charge >= 0.3 is 0 Å². The van der Waals surface area contributed by atoms with Gasteiger partial charge in [-0.1, -0.05) is 40.0 Å². The molecule has 0 radical (unpaired) electrons. The molecule has 3 heterocycles. The van der Waals surface area contributed by atoms with E-state index in [0.717, 1.165) is 17.1 Å². The normalized spacial score (nSPS) is 14.7. The van der Waals surface area contributed by atoms with Gasteiger partial charge in [0.2, 0.25) is 11.7 Å². The average Bonchev–Trinajstić information content (AvgIpc) is 3.16. The Labute approximate surface area is 136 Å². The highest BCUT2D eigenvalue weighted by atomic mass is 32.1. The van der Waals surface area contributed by atoms with Crippen LogP contribution in [0.1, 0.15) is 27.2 Å². The van der Waals surface area contributed by atoms with Crippen molar-refractivity contribution in [2.75, 3.05) is 13.1 Å². The second-order valence-corrected chi connectivity index (χ2v) is 6.17. The summed E-state index contributed by atoms with van der Waals surface area (Å²) in [6.07, 6.45) is 0. The molecule has 0 saturated carbocycles. The Balaban J connectivity index is 1.44. The molecule has 7 nitrogen and oxygen atoms in total. The summed E-state index contributed by atoms with van der Waals surface area (Å²) in [5.74, 6) is 1.21. The predicted octanol–water partition coefficient (Wildman–Crippen LogP) is 2.14. The first-order valence-electron chi connectivity index (χ1n) is 7.19. The lowest BCUT2D eigenvalue weighted by Gasteiger charge is -2.36. The number of hydrogen-bond donors (Lipinski definition) is 0. The summed E-state index contributed by atoms with van der Waals surface area (Å²) in [7, 11) is 0. The van der Waals surface area contributed by atoms with Crippen LogP contribution >= 0.6 is 11.5 Å². The van der Waals surface area contributed by atoms with Crippen LogP contribution in [0.25, 0.3) is 11.4 Å². The molecule has 1 aliphatic heterocycles. The Bertz CT molecular complexity index is 838. The minimum Gasteiger partial charge on any atom is -0.339 e.